The summed E-state index contributed by atoms with van der Waals surface area (Å²) in [7, 11) is 0. The van der Waals surface area contributed by atoms with E-state index >= 15 is 0 Å². The third-order valence-electron chi connectivity index (χ3n) is 3.39. The molecule has 0 spiro atoms. The van der Waals surface area contributed by atoms with Gasteiger partial charge in [0, 0.05) is 12.2 Å². The summed E-state index contributed by atoms with van der Waals surface area (Å²) in [6, 6.07) is 2.56. The second-order valence-electron chi connectivity index (χ2n) is 5.24. The van der Waals surface area contributed by atoms with Crippen LogP contribution in [0.3, 0.4) is 0 Å². The van der Waals surface area contributed by atoms with Gasteiger partial charge in [-0.25, -0.2) is 9.18 Å². The van der Waals surface area contributed by atoms with Gasteiger partial charge in [-0.15, -0.1) is 0 Å². The lowest BCUT2D eigenvalue weighted by atomic mass is 9.98. The lowest BCUT2D eigenvalue weighted by Gasteiger charge is -2.18. The number of hydrogen-bond donors (Lipinski definition) is 2. The van der Waals surface area contributed by atoms with Gasteiger partial charge in [-0.05, 0) is 30.9 Å². The molecule has 5 heteroatoms. The molecule has 0 aromatic heterocycles. The molecule has 0 fully saturated rings. The number of carbonyl (C=O) groups is 1. The van der Waals surface area contributed by atoms with E-state index in [-0.39, 0.29) is 23.5 Å². The molecule has 0 saturated heterocycles. The number of halogens is 1. The summed E-state index contributed by atoms with van der Waals surface area (Å²) in [6.45, 7) is 8.88. The third-order valence-corrected chi connectivity index (χ3v) is 3.39. The molecule has 112 valence electrons. The first kappa shape index (κ1) is 16.3. The van der Waals surface area contributed by atoms with E-state index in [1.54, 1.807) is 6.92 Å². The lowest BCUT2D eigenvalue weighted by molar-refractivity contribution is 0.0527. The Hall–Kier alpha value is -1.78. The Morgan fingerprint density at radius 3 is 2.60 bits per heavy atom. The molecular formula is C15H23FN2O2. The number of nitrogen functional groups attached to an aromatic ring is 1. The van der Waals surface area contributed by atoms with Gasteiger partial charge < -0.3 is 15.8 Å². The molecule has 1 aromatic rings. The SMILES string of the molecule is CCOC(=O)c1cc(NCC(C)C(C)C)c(F)cc1N. The summed E-state index contributed by atoms with van der Waals surface area (Å²) >= 11 is 0. The molecule has 0 aliphatic rings. The third kappa shape index (κ3) is 4.11. The highest BCUT2D eigenvalue weighted by molar-refractivity contribution is 5.96. The van der Waals surface area contributed by atoms with Crippen LogP contribution in [-0.4, -0.2) is 19.1 Å². The highest BCUT2D eigenvalue weighted by atomic mass is 19.1. The van der Waals surface area contributed by atoms with Crippen LogP contribution >= 0.6 is 0 Å². The minimum Gasteiger partial charge on any atom is -0.462 e. The second kappa shape index (κ2) is 7.12. The first-order valence-electron chi connectivity index (χ1n) is 6.86. The van der Waals surface area contributed by atoms with E-state index in [4.69, 9.17) is 10.5 Å². The van der Waals surface area contributed by atoms with Gasteiger partial charge in [-0.2, -0.15) is 0 Å². The largest absolute Gasteiger partial charge is 0.462 e. The molecule has 1 aromatic carbocycles. The van der Waals surface area contributed by atoms with Crippen molar-refractivity contribution in [2.45, 2.75) is 27.7 Å². The summed E-state index contributed by atoms with van der Waals surface area (Å²) in [4.78, 5) is 11.7. The zero-order valence-electron chi connectivity index (χ0n) is 12.5. The Kier molecular flexibility index (Phi) is 5.80. The van der Waals surface area contributed by atoms with Crippen LogP contribution in [0.15, 0.2) is 12.1 Å². The van der Waals surface area contributed by atoms with Crippen LogP contribution in [0.2, 0.25) is 0 Å². The summed E-state index contributed by atoms with van der Waals surface area (Å²) in [5.74, 6) is -0.127. The number of nitrogens with two attached hydrogens (primary N) is 1. The smallest absolute Gasteiger partial charge is 0.340 e. The molecule has 0 aliphatic heterocycles. The van der Waals surface area contributed by atoms with Crippen LogP contribution < -0.4 is 11.1 Å². The number of carbonyl (C=O) groups excluding carboxylic acids is 1. The maximum Gasteiger partial charge on any atom is 0.340 e. The van der Waals surface area contributed by atoms with Crippen molar-refractivity contribution in [1.29, 1.82) is 0 Å². The Bertz CT molecular complexity index is 475. The van der Waals surface area contributed by atoms with Crippen molar-refractivity contribution in [2.24, 2.45) is 11.8 Å². The van der Waals surface area contributed by atoms with Crippen molar-refractivity contribution in [1.82, 2.24) is 0 Å². The Morgan fingerprint density at radius 2 is 2.05 bits per heavy atom. The second-order valence-corrected chi connectivity index (χ2v) is 5.24. The van der Waals surface area contributed by atoms with Crippen molar-refractivity contribution in [2.75, 3.05) is 24.2 Å². The van der Waals surface area contributed by atoms with Gasteiger partial charge >= 0.3 is 5.97 Å². The molecule has 1 atom stereocenters. The summed E-state index contributed by atoms with van der Waals surface area (Å²) in [5.41, 5.74) is 6.20. The highest BCUT2D eigenvalue weighted by Crippen LogP contribution is 2.24. The number of hydrogen-bond acceptors (Lipinski definition) is 4. The van der Waals surface area contributed by atoms with Gasteiger partial charge in [-0.3, -0.25) is 0 Å². The average Bonchev–Trinajstić information content (AvgIpc) is 2.37. The lowest BCUT2D eigenvalue weighted by Crippen LogP contribution is -2.17. The fraction of sp³-hybridized carbons (Fsp3) is 0.533. The molecule has 0 radical (unpaired) electrons. The van der Waals surface area contributed by atoms with E-state index in [1.165, 1.54) is 6.07 Å². The Morgan fingerprint density at radius 1 is 1.40 bits per heavy atom. The summed E-state index contributed by atoms with van der Waals surface area (Å²) < 4.78 is 18.7. The molecule has 0 amide bonds. The minimum absolute atomic E-state index is 0.0865. The minimum atomic E-state index is -0.537. The topological polar surface area (TPSA) is 64.3 Å². The van der Waals surface area contributed by atoms with Crippen LogP contribution in [0.5, 0.6) is 0 Å². The predicted octanol–water partition coefficient (Wildman–Crippen LogP) is 3.29. The standard InChI is InChI=1S/C15H23FN2O2/c1-5-20-15(19)11-6-14(12(16)7-13(11)17)18-8-10(4)9(2)3/h6-7,9-10,18H,5,8,17H2,1-4H3. The fourth-order valence-electron chi connectivity index (χ4n) is 1.62. The average molecular weight is 282 g/mol. The first-order chi connectivity index (χ1) is 9.36. The zero-order chi connectivity index (χ0) is 15.3. The number of ether oxygens (including phenoxy) is 1. The summed E-state index contributed by atoms with van der Waals surface area (Å²) in [6.07, 6.45) is 0. The Labute approximate surface area is 119 Å². The van der Waals surface area contributed by atoms with Crippen molar-refractivity contribution in [3.63, 3.8) is 0 Å². The van der Waals surface area contributed by atoms with Crippen LogP contribution in [0.1, 0.15) is 38.1 Å². The van der Waals surface area contributed by atoms with E-state index in [0.29, 0.717) is 18.4 Å². The Balaban J connectivity index is 2.91. The van der Waals surface area contributed by atoms with Crippen molar-refractivity contribution in [3.8, 4) is 0 Å². The molecule has 1 rings (SSSR count). The molecule has 0 heterocycles. The summed E-state index contributed by atoms with van der Waals surface area (Å²) in [5, 5.41) is 3.02. The van der Waals surface area contributed by atoms with Crippen molar-refractivity contribution < 1.29 is 13.9 Å². The fourth-order valence-corrected chi connectivity index (χ4v) is 1.62. The molecule has 0 saturated carbocycles. The van der Waals surface area contributed by atoms with E-state index in [0.717, 1.165) is 6.07 Å². The highest BCUT2D eigenvalue weighted by Gasteiger charge is 2.16. The molecule has 3 N–H and O–H groups in total. The normalized spacial score (nSPS) is 12.3. The van der Waals surface area contributed by atoms with E-state index < -0.39 is 11.8 Å². The monoisotopic (exact) mass is 282 g/mol. The molecule has 0 aliphatic carbocycles. The van der Waals surface area contributed by atoms with Crippen LogP contribution in [0, 0.1) is 17.7 Å². The van der Waals surface area contributed by atoms with E-state index in [2.05, 4.69) is 26.1 Å². The molecule has 0 bridgehead atoms. The number of benzene rings is 1. The maximum atomic E-state index is 13.8. The van der Waals surface area contributed by atoms with Crippen LogP contribution in [0.4, 0.5) is 15.8 Å². The molecule has 1 unspecified atom stereocenters. The van der Waals surface area contributed by atoms with Gasteiger partial charge in [0.2, 0.25) is 0 Å². The number of esters is 1. The molecule has 20 heavy (non-hydrogen) atoms. The van der Waals surface area contributed by atoms with Gasteiger partial charge in [0.25, 0.3) is 0 Å². The van der Waals surface area contributed by atoms with Crippen molar-refractivity contribution in [3.05, 3.63) is 23.5 Å². The maximum absolute atomic E-state index is 13.8. The van der Waals surface area contributed by atoms with Gasteiger partial charge in [-0.1, -0.05) is 20.8 Å². The number of anilines is 2. The van der Waals surface area contributed by atoms with Gasteiger partial charge in [0.1, 0.15) is 5.82 Å². The van der Waals surface area contributed by atoms with Crippen molar-refractivity contribution >= 4 is 17.3 Å². The van der Waals surface area contributed by atoms with Crippen LogP contribution in [-0.2, 0) is 4.74 Å². The quantitative estimate of drug-likeness (QED) is 0.620. The van der Waals surface area contributed by atoms with E-state index in [9.17, 15) is 9.18 Å². The van der Waals surface area contributed by atoms with Gasteiger partial charge in [0.05, 0.1) is 17.9 Å². The number of nitrogens with one attached hydrogen (secondary N) is 1. The first-order valence-corrected chi connectivity index (χ1v) is 6.86. The molecule has 4 nitrogen and oxygen atoms in total. The van der Waals surface area contributed by atoms with E-state index in [1.807, 2.05) is 0 Å². The zero-order valence-corrected chi connectivity index (χ0v) is 12.5. The molecular weight excluding hydrogens is 259 g/mol. The number of rotatable bonds is 6. The van der Waals surface area contributed by atoms with Crippen LogP contribution in [0.25, 0.3) is 0 Å². The van der Waals surface area contributed by atoms with Gasteiger partial charge in [0.15, 0.2) is 0 Å². The predicted molar refractivity (Wildman–Crippen MR) is 79.3 cm³/mol.